The first-order valence-corrected chi connectivity index (χ1v) is 11.2. The molecule has 0 aliphatic carbocycles. The van der Waals surface area contributed by atoms with Gasteiger partial charge in [-0.05, 0) is 60.0 Å². The van der Waals surface area contributed by atoms with Gasteiger partial charge in [0.1, 0.15) is 18.2 Å². The number of Topliss-reactive ketones (excluding diaryl/α,β-unsaturated/α-hetero) is 1. The summed E-state index contributed by atoms with van der Waals surface area (Å²) in [4.78, 5) is 27.0. The molecule has 0 spiro atoms. The molecule has 6 nitrogen and oxygen atoms in total. The highest BCUT2D eigenvalue weighted by Gasteiger charge is 2.35. The van der Waals surface area contributed by atoms with E-state index in [9.17, 15) is 9.59 Å². The minimum atomic E-state index is -0.412. The van der Waals surface area contributed by atoms with Crippen molar-refractivity contribution in [2.75, 3.05) is 13.8 Å². The number of fused-ring (bicyclic) bond motifs is 3. The number of allylic oxidation sites excluding steroid dienone is 1. The summed E-state index contributed by atoms with van der Waals surface area (Å²) < 4.78 is 16.9. The van der Waals surface area contributed by atoms with Crippen molar-refractivity contribution in [3.05, 3.63) is 98.8 Å². The third-order valence-electron chi connectivity index (χ3n) is 5.94. The van der Waals surface area contributed by atoms with E-state index >= 15 is 0 Å². The SMILES string of the molecule is COC(=O)c1ccc(/C=C2\Oc3c4c(cc(C)c3C2=O)OCN(Cc2ccc(Cl)cc2)C4)cc1. The molecule has 2 aliphatic rings. The number of rotatable bonds is 4. The van der Waals surface area contributed by atoms with E-state index in [-0.39, 0.29) is 11.5 Å². The highest BCUT2D eigenvalue weighted by molar-refractivity contribution is 6.30. The van der Waals surface area contributed by atoms with Gasteiger partial charge < -0.3 is 14.2 Å². The Kier molecular flexibility index (Phi) is 5.86. The molecule has 5 rings (SSSR count). The molecule has 3 aromatic rings. The second-order valence-electron chi connectivity index (χ2n) is 8.31. The van der Waals surface area contributed by atoms with Crippen molar-refractivity contribution in [1.82, 2.24) is 4.90 Å². The van der Waals surface area contributed by atoms with Crippen LogP contribution in [0, 0.1) is 6.92 Å². The van der Waals surface area contributed by atoms with E-state index in [0.717, 1.165) is 28.0 Å². The molecule has 2 heterocycles. The number of esters is 1. The van der Waals surface area contributed by atoms with E-state index in [0.29, 0.717) is 41.7 Å². The monoisotopic (exact) mass is 475 g/mol. The third-order valence-corrected chi connectivity index (χ3v) is 6.19. The van der Waals surface area contributed by atoms with Crippen molar-refractivity contribution in [2.45, 2.75) is 20.0 Å². The van der Waals surface area contributed by atoms with Gasteiger partial charge in [-0.1, -0.05) is 35.9 Å². The average molecular weight is 476 g/mol. The predicted molar refractivity (Wildman–Crippen MR) is 128 cm³/mol. The number of hydrogen-bond donors (Lipinski definition) is 0. The quantitative estimate of drug-likeness (QED) is 0.371. The van der Waals surface area contributed by atoms with Crippen LogP contribution in [0.1, 0.15) is 43.0 Å². The van der Waals surface area contributed by atoms with Gasteiger partial charge in [0, 0.05) is 18.1 Å². The third kappa shape index (κ3) is 4.18. The predicted octanol–water partition coefficient (Wildman–Crippen LogP) is 5.40. The molecule has 3 aromatic carbocycles. The average Bonchev–Trinajstić information content (AvgIpc) is 3.17. The van der Waals surface area contributed by atoms with Gasteiger partial charge in [0.25, 0.3) is 0 Å². The fraction of sp³-hybridized carbons (Fsp3) is 0.185. The van der Waals surface area contributed by atoms with Crippen molar-refractivity contribution >= 4 is 29.4 Å². The summed E-state index contributed by atoms with van der Waals surface area (Å²) in [5.41, 5.74) is 4.54. The van der Waals surface area contributed by atoms with Crippen LogP contribution >= 0.6 is 11.6 Å². The molecule has 0 saturated carbocycles. The maximum atomic E-state index is 13.2. The molecule has 0 radical (unpaired) electrons. The minimum Gasteiger partial charge on any atom is -0.478 e. The molecule has 172 valence electrons. The molecular weight excluding hydrogens is 454 g/mol. The van der Waals surface area contributed by atoms with E-state index in [1.807, 2.05) is 37.3 Å². The molecule has 7 heteroatoms. The smallest absolute Gasteiger partial charge is 0.337 e. The fourth-order valence-corrected chi connectivity index (χ4v) is 4.34. The number of carbonyl (C=O) groups is 2. The van der Waals surface area contributed by atoms with Crippen LogP contribution in [0.2, 0.25) is 5.02 Å². The van der Waals surface area contributed by atoms with Crippen molar-refractivity contribution < 1.29 is 23.8 Å². The molecule has 0 N–H and O–H groups in total. The van der Waals surface area contributed by atoms with Crippen LogP contribution < -0.4 is 9.47 Å². The lowest BCUT2D eigenvalue weighted by atomic mass is 9.98. The Labute approximate surface area is 202 Å². The second kappa shape index (κ2) is 8.97. The minimum absolute atomic E-state index is 0.165. The first-order valence-electron chi connectivity index (χ1n) is 10.8. The van der Waals surface area contributed by atoms with Crippen LogP contribution in [0.4, 0.5) is 0 Å². The summed E-state index contributed by atoms with van der Waals surface area (Å²) in [5.74, 6) is 0.956. The van der Waals surface area contributed by atoms with E-state index in [1.165, 1.54) is 7.11 Å². The lowest BCUT2D eigenvalue weighted by molar-refractivity contribution is 0.0600. The number of ether oxygens (including phenoxy) is 3. The highest BCUT2D eigenvalue weighted by atomic mass is 35.5. The molecule has 0 bridgehead atoms. The Morgan fingerprint density at radius 2 is 1.88 bits per heavy atom. The van der Waals surface area contributed by atoms with Crippen molar-refractivity contribution in [2.24, 2.45) is 0 Å². The van der Waals surface area contributed by atoms with Crippen LogP contribution in [0.5, 0.6) is 11.5 Å². The Hall–Kier alpha value is -3.61. The van der Waals surface area contributed by atoms with E-state index < -0.39 is 5.97 Å². The number of aryl methyl sites for hydroxylation is 1. The Morgan fingerprint density at radius 3 is 2.59 bits per heavy atom. The number of methoxy groups -OCH3 is 1. The number of hydrogen-bond acceptors (Lipinski definition) is 6. The molecule has 0 unspecified atom stereocenters. The number of halogens is 1. The summed E-state index contributed by atoms with van der Waals surface area (Å²) in [6, 6.07) is 16.4. The lowest BCUT2D eigenvalue weighted by Gasteiger charge is -2.30. The molecule has 0 atom stereocenters. The molecule has 34 heavy (non-hydrogen) atoms. The van der Waals surface area contributed by atoms with Gasteiger partial charge >= 0.3 is 5.97 Å². The summed E-state index contributed by atoms with van der Waals surface area (Å²) in [7, 11) is 1.34. The van der Waals surface area contributed by atoms with Crippen LogP contribution in [0.15, 0.2) is 60.4 Å². The zero-order chi connectivity index (χ0) is 23.8. The second-order valence-corrected chi connectivity index (χ2v) is 8.75. The summed E-state index contributed by atoms with van der Waals surface area (Å²) >= 11 is 6.00. The number of benzene rings is 3. The van der Waals surface area contributed by atoms with Gasteiger partial charge in [-0.15, -0.1) is 0 Å². The first kappa shape index (κ1) is 22.2. The number of carbonyl (C=O) groups excluding carboxylic acids is 2. The Balaban J connectivity index is 1.41. The number of ketones is 1. The first-order chi connectivity index (χ1) is 16.4. The van der Waals surface area contributed by atoms with Crippen LogP contribution in [-0.4, -0.2) is 30.5 Å². The van der Waals surface area contributed by atoms with Crippen LogP contribution in [0.3, 0.4) is 0 Å². The highest BCUT2D eigenvalue weighted by Crippen LogP contribution is 2.44. The van der Waals surface area contributed by atoms with Gasteiger partial charge in [0.15, 0.2) is 5.76 Å². The van der Waals surface area contributed by atoms with Crippen LogP contribution in [-0.2, 0) is 17.8 Å². The van der Waals surface area contributed by atoms with E-state index in [2.05, 4.69) is 4.90 Å². The Bertz CT molecular complexity index is 1310. The lowest BCUT2D eigenvalue weighted by Crippen LogP contribution is -2.31. The summed E-state index contributed by atoms with van der Waals surface area (Å²) in [5, 5.41) is 0.698. The molecule has 2 aliphatic heterocycles. The molecule has 0 aromatic heterocycles. The van der Waals surface area contributed by atoms with Gasteiger partial charge in [-0.3, -0.25) is 9.69 Å². The van der Waals surface area contributed by atoms with Gasteiger partial charge in [0.2, 0.25) is 5.78 Å². The molecular formula is C27H22ClNO5. The Morgan fingerprint density at radius 1 is 1.15 bits per heavy atom. The van der Waals surface area contributed by atoms with Gasteiger partial charge in [0.05, 0.1) is 23.8 Å². The normalized spacial score (nSPS) is 16.0. The van der Waals surface area contributed by atoms with Gasteiger partial charge in [-0.2, -0.15) is 0 Å². The maximum absolute atomic E-state index is 13.2. The summed E-state index contributed by atoms with van der Waals surface area (Å²) in [6.45, 7) is 3.60. The summed E-state index contributed by atoms with van der Waals surface area (Å²) in [6.07, 6.45) is 1.68. The van der Waals surface area contributed by atoms with Crippen molar-refractivity contribution in [3.63, 3.8) is 0 Å². The number of nitrogens with zero attached hydrogens (tertiary/aromatic N) is 1. The van der Waals surface area contributed by atoms with E-state index in [4.69, 9.17) is 25.8 Å². The maximum Gasteiger partial charge on any atom is 0.337 e. The van der Waals surface area contributed by atoms with E-state index in [1.54, 1.807) is 30.3 Å². The zero-order valence-electron chi connectivity index (χ0n) is 18.8. The molecule has 0 saturated heterocycles. The van der Waals surface area contributed by atoms with Crippen molar-refractivity contribution in [1.29, 1.82) is 0 Å². The van der Waals surface area contributed by atoms with Crippen LogP contribution in [0.25, 0.3) is 6.08 Å². The van der Waals surface area contributed by atoms with Crippen molar-refractivity contribution in [3.8, 4) is 11.5 Å². The molecule has 0 fully saturated rings. The topological polar surface area (TPSA) is 65.1 Å². The van der Waals surface area contributed by atoms with Gasteiger partial charge in [-0.25, -0.2) is 4.79 Å². The standard InChI is InChI=1S/C27H22ClNO5/c1-16-11-22-21(14-29(15-33-22)13-18-5-9-20(28)10-6-18)26-24(16)25(30)23(34-26)12-17-3-7-19(8-4-17)27(31)32-2/h3-12H,13-15H2,1-2H3/b23-12-. The zero-order valence-corrected chi connectivity index (χ0v) is 19.5. The largest absolute Gasteiger partial charge is 0.478 e. The molecule has 0 amide bonds. The fourth-order valence-electron chi connectivity index (χ4n) is 4.21.